The Balaban J connectivity index is 0. The zero-order valence-corrected chi connectivity index (χ0v) is 13.2. The van der Waals surface area contributed by atoms with Crippen molar-refractivity contribution in [2.24, 2.45) is 5.50 Å². The second-order valence-corrected chi connectivity index (χ2v) is 8.23. The van der Waals surface area contributed by atoms with Gasteiger partial charge in [-0.05, 0) is 19.3 Å². The van der Waals surface area contributed by atoms with Crippen LogP contribution < -0.4 is 22.5 Å². The lowest BCUT2D eigenvalue weighted by atomic mass is 10.4. The molecule has 0 aliphatic heterocycles. The quantitative estimate of drug-likeness (QED) is 0.638. The van der Waals surface area contributed by atoms with E-state index in [-0.39, 0.29) is 17.0 Å². The molecule has 0 atom stereocenters. The van der Waals surface area contributed by atoms with Crippen LogP contribution in [-0.4, -0.2) is 18.5 Å². The van der Waals surface area contributed by atoms with E-state index in [0.29, 0.717) is 0 Å². The third-order valence-corrected chi connectivity index (χ3v) is 6.49. The average Bonchev–Trinajstić information content (AvgIpc) is 2.21. The molecule has 0 aromatic carbocycles. The summed E-state index contributed by atoms with van der Waals surface area (Å²) in [6.45, 7) is 6.80. The van der Waals surface area contributed by atoms with E-state index < -0.39 is 7.41 Å². The summed E-state index contributed by atoms with van der Waals surface area (Å²) in [5.41, 5.74) is 6.57. The van der Waals surface area contributed by atoms with Gasteiger partial charge in [0.2, 0.25) is 0 Å². The zero-order valence-electron chi connectivity index (χ0n) is 10.8. The third-order valence-electron chi connectivity index (χ3n) is 2.87. The molecule has 3 heteroatoms. The molecular formula is C12H29BrNP. The van der Waals surface area contributed by atoms with Gasteiger partial charge in [0, 0.05) is 0 Å². The second kappa shape index (κ2) is 11.4. The van der Waals surface area contributed by atoms with E-state index in [2.05, 4.69) is 20.8 Å². The first-order valence-electron chi connectivity index (χ1n) is 6.33. The predicted octanol–water partition coefficient (Wildman–Crippen LogP) is 1.28. The van der Waals surface area contributed by atoms with Crippen molar-refractivity contribution in [1.29, 1.82) is 0 Å². The van der Waals surface area contributed by atoms with Gasteiger partial charge in [0.25, 0.3) is 0 Å². The van der Waals surface area contributed by atoms with Crippen LogP contribution in [0, 0.1) is 0 Å². The van der Waals surface area contributed by atoms with Crippen molar-refractivity contribution in [2.45, 2.75) is 59.3 Å². The molecule has 0 aliphatic carbocycles. The highest BCUT2D eigenvalue weighted by Gasteiger charge is 2.30. The van der Waals surface area contributed by atoms with Gasteiger partial charge in [0.05, 0.1) is 25.9 Å². The summed E-state index contributed by atoms with van der Waals surface area (Å²) in [6.07, 6.45) is 12.0. The Bertz CT molecular complexity index is 109. The van der Waals surface area contributed by atoms with Crippen LogP contribution in [0.2, 0.25) is 0 Å². The van der Waals surface area contributed by atoms with Gasteiger partial charge < -0.3 is 17.0 Å². The lowest BCUT2D eigenvalue weighted by Crippen LogP contribution is -3.00. The van der Waals surface area contributed by atoms with Gasteiger partial charge in [-0.1, -0.05) is 40.0 Å². The zero-order chi connectivity index (χ0) is 10.9. The van der Waals surface area contributed by atoms with Crippen molar-refractivity contribution in [3.05, 3.63) is 0 Å². The monoisotopic (exact) mass is 297 g/mol. The minimum absolute atomic E-state index is 0. The molecule has 15 heavy (non-hydrogen) atoms. The van der Waals surface area contributed by atoms with Crippen LogP contribution in [0.15, 0.2) is 0 Å². The largest absolute Gasteiger partial charge is 1.00 e. The van der Waals surface area contributed by atoms with E-state index in [0.717, 1.165) is 0 Å². The summed E-state index contributed by atoms with van der Waals surface area (Å²) < 4.78 is 0. The molecule has 0 spiro atoms. The molecule has 0 aliphatic rings. The molecular weight excluding hydrogens is 269 g/mol. The van der Waals surface area contributed by atoms with Gasteiger partial charge in [-0.25, -0.2) is 5.50 Å². The fourth-order valence-corrected chi connectivity index (χ4v) is 5.26. The minimum Gasteiger partial charge on any atom is -1.00 e. The van der Waals surface area contributed by atoms with Crippen molar-refractivity contribution < 1.29 is 17.0 Å². The van der Waals surface area contributed by atoms with Crippen LogP contribution in [-0.2, 0) is 0 Å². The van der Waals surface area contributed by atoms with Gasteiger partial charge in [0.1, 0.15) is 0 Å². The number of halogens is 1. The molecule has 0 saturated heterocycles. The highest BCUT2D eigenvalue weighted by atomic mass is 79.9. The Labute approximate surface area is 108 Å². The van der Waals surface area contributed by atoms with Gasteiger partial charge in [0.15, 0.2) is 0 Å². The Hall–Kier alpha value is 0.870. The first-order valence-corrected chi connectivity index (χ1v) is 8.74. The minimum atomic E-state index is -1.02. The topological polar surface area (TPSA) is 26.0 Å². The van der Waals surface area contributed by atoms with Crippen LogP contribution in [0.1, 0.15) is 59.3 Å². The molecule has 0 fully saturated rings. The van der Waals surface area contributed by atoms with Crippen LogP contribution in [0.4, 0.5) is 0 Å². The molecule has 0 aromatic heterocycles. The number of hydrogen-bond acceptors (Lipinski definition) is 1. The van der Waals surface area contributed by atoms with Crippen molar-refractivity contribution in [1.82, 2.24) is 0 Å². The first kappa shape index (κ1) is 18.2. The fourth-order valence-electron chi connectivity index (χ4n) is 1.75. The number of nitrogens with two attached hydrogens (primary N) is 1. The Morgan fingerprint density at radius 1 is 0.733 bits per heavy atom. The van der Waals surface area contributed by atoms with Crippen LogP contribution in [0.5, 0.6) is 0 Å². The molecule has 0 aromatic rings. The van der Waals surface area contributed by atoms with Crippen molar-refractivity contribution in [3.8, 4) is 0 Å². The van der Waals surface area contributed by atoms with Gasteiger partial charge in [-0.15, -0.1) is 0 Å². The summed E-state index contributed by atoms with van der Waals surface area (Å²) in [5, 5.41) is 0. The lowest BCUT2D eigenvalue weighted by molar-refractivity contribution is -0.00000347. The molecule has 2 N–H and O–H groups in total. The van der Waals surface area contributed by atoms with Crippen molar-refractivity contribution >= 4 is 7.41 Å². The van der Waals surface area contributed by atoms with Gasteiger partial charge in [-0.2, -0.15) is 0 Å². The molecule has 94 valence electrons. The Morgan fingerprint density at radius 2 is 1.00 bits per heavy atom. The smallest absolute Gasteiger partial charge is 0.0770 e. The van der Waals surface area contributed by atoms with E-state index in [4.69, 9.17) is 5.50 Å². The molecule has 0 bridgehead atoms. The maximum absolute atomic E-state index is 6.57. The van der Waals surface area contributed by atoms with Crippen molar-refractivity contribution in [2.75, 3.05) is 18.5 Å². The number of rotatable bonds is 9. The fraction of sp³-hybridized carbons (Fsp3) is 1.00. The van der Waals surface area contributed by atoms with E-state index in [1.807, 2.05) is 0 Å². The van der Waals surface area contributed by atoms with E-state index in [1.54, 1.807) is 0 Å². The summed E-state index contributed by atoms with van der Waals surface area (Å²) in [5.74, 6) is 0. The SMILES string of the molecule is CCCC[P+](N)(CCCC)CCCC.[Br-]. The van der Waals surface area contributed by atoms with Crippen LogP contribution >= 0.6 is 7.41 Å². The molecule has 0 radical (unpaired) electrons. The van der Waals surface area contributed by atoms with Crippen LogP contribution in [0.25, 0.3) is 0 Å². The summed E-state index contributed by atoms with van der Waals surface area (Å²) in [7, 11) is -1.02. The van der Waals surface area contributed by atoms with Gasteiger partial charge in [-0.3, -0.25) is 0 Å². The van der Waals surface area contributed by atoms with E-state index >= 15 is 0 Å². The van der Waals surface area contributed by atoms with E-state index in [1.165, 1.54) is 57.0 Å². The summed E-state index contributed by atoms with van der Waals surface area (Å²) in [6, 6.07) is 0. The molecule has 0 heterocycles. The van der Waals surface area contributed by atoms with Gasteiger partial charge >= 0.3 is 0 Å². The molecule has 0 rings (SSSR count). The Morgan fingerprint density at radius 3 is 1.20 bits per heavy atom. The number of hydrogen-bond donors (Lipinski definition) is 1. The van der Waals surface area contributed by atoms with Crippen LogP contribution in [0.3, 0.4) is 0 Å². The molecule has 0 unspecified atom stereocenters. The van der Waals surface area contributed by atoms with Crippen molar-refractivity contribution in [3.63, 3.8) is 0 Å². The van der Waals surface area contributed by atoms with E-state index in [9.17, 15) is 0 Å². The molecule has 0 saturated carbocycles. The average molecular weight is 298 g/mol. The normalized spacial score (nSPS) is 11.2. The lowest BCUT2D eigenvalue weighted by Gasteiger charge is -2.22. The molecule has 1 nitrogen and oxygen atoms in total. The predicted molar refractivity (Wildman–Crippen MR) is 70.4 cm³/mol. The highest BCUT2D eigenvalue weighted by Crippen LogP contribution is 2.52. The maximum atomic E-state index is 6.57. The third kappa shape index (κ3) is 9.78. The summed E-state index contributed by atoms with van der Waals surface area (Å²) >= 11 is 0. The summed E-state index contributed by atoms with van der Waals surface area (Å²) in [4.78, 5) is 0. The first-order chi connectivity index (χ1) is 6.68. The molecule has 0 amide bonds. The Kier molecular flexibility index (Phi) is 13.8. The highest BCUT2D eigenvalue weighted by molar-refractivity contribution is 7.73. The maximum Gasteiger partial charge on any atom is 0.0770 e. The second-order valence-electron chi connectivity index (χ2n) is 4.45. The number of unbranched alkanes of at least 4 members (excludes halogenated alkanes) is 3. The standard InChI is InChI=1S/C12H29NP.BrH/c1-4-7-10-14(13,11-8-5-2)12-9-6-3;/h4-13H2,1-3H3;1H/q+1;/p-1.